The summed E-state index contributed by atoms with van der Waals surface area (Å²) < 4.78 is 2.32. The summed E-state index contributed by atoms with van der Waals surface area (Å²) in [6.07, 6.45) is 6.35. The van der Waals surface area contributed by atoms with Gasteiger partial charge in [-0.3, -0.25) is 4.90 Å². The van der Waals surface area contributed by atoms with Gasteiger partial charge in [-0.15, -0.1) is 10.2 Å². The molecule has 19 heavy (non-hydrogen) atoms. The number of aromatic nitrogens is 3. The minimum atomic E-state index is 0.324. The first kappa shape index (κ1) is 11.9. The van der Waals surface area contributed by atoms with Crippen LogP contribution in [0.3, 0.4) is 0 Å². The Morgan fingerprint density at radius 2 is 2.11 bits per heavy atom. The average Bonchev–Trinajstić information content (AvgIpc) is 3.09. The predicted octanol–water partition coefficient (Wildman–Crippen LogP) is 1.11. The molecule has 2 saturated heterocycles. The molecule has 5 heteroatoms. The molecule has 2 fully saturated rings. The highest BCUT2D eigenvalue weighted by molar-refractivity contribution is 5.06. The lowest BCUT2D eigenvalue weighted by atomic mass is 10.1. The fraction of sp³-hybridized carbons (Fsp3) is 0.857. The van der Waals surface area contributed by atoms with Gasteiger partial charge in [0.05, 0.1) is 6.04 Å². The molecule has 1 N–H and O–H groups in total. The van der Waals surface area contributed by atoms with E-state index in [1.54, 1.807) is 0 Å². The van der Waals surface area contributed by atoms with Crippen molar-refractivity contribution in [1.29, 1.82) is 0 Å². The van der Waals surface area contributed by atoms with Crippen molar-refractivity contribution in [3.05, 3.63) is 11.6 Å². The number of nitrogens with one attached hydrogen (secondary N) is 1. The van der Waals surface area contributed by atoms with Crippen molar-refractivity contribution in [2.45, 2.75) is 63.7 Å². The summed E-state index contributed by atoms with van der Waals surface area (Å²) >= 11 is 0. The molecule has 0 spiro atoms. The highest BCUT2D eigenvalue weighted by Crippen LogP contribution is 2.29. The van der Waals surface area contributed by atoms with Gasteiger partial charge in [-0.25, -0.2) is 0 Å². The Morgan fingerprint density at radius 3 is 3.05 bits per heavy atom. The molecule has 1 aromatic rings. The zero-order valence-electron chi connectivity index (χ0n) is 11.7. The molecular formula is C14H23N5. The van der Waals surface area contributed by atoms with E-state index in [-0.39, 0.29) is 0 Å². The van der Waals surface area contributed by atoms with E-state index in [2.05, 4.69) is 31.9 Å². The first-order valence-electron chi connectivity index (χ1n) is 7.75. The first-order chi connectivity index (χ1) is 9.33. The number of rotatable bonds is 3. The van der Waals surface area contributed by atoms with Crippen molar-refractivity contribution in [3.63, 3.8) is 0 Å². The molecule has 0 bridgehead atoms. The number of aryl methyl sites for hydroxylation is 1. The standard InChI is InChI=1S/C14H23N5/c1-10(14-17-16-13-5-3-8-19(13)14)15-11-6-9-18-7-2-4-12(11)18/h10-12,15H,2-9H2,1H3. The van der Waals surface area contributed by atoms with E-state index < -0.39 is 0 Å². The average molecular weight is 261 g/mol. The summed E-state index contributed by atoms with van der Waals surface area (Å²) in [5.74, 6) is 2.32. The van der Waals surface area contributed by atoms with Crippen molar-refractivity contribution < 1.29 is 0 Å². The van der Waals surface area contributed by atoms with E-state index in [1.807, 2.05) is 0 Å². The van der Waals surface area contributed by atoms with Crippen molar-refractivity contribution in [2.75, 3.05) is 13.1 Å². The van der Waals surface area contributed by atoms with E-state index in [4.69, 9.17) is 0 Å². The second-order valence-corrected chi connectivity index (χ2v) is 6.26. The fourth-order valence-corrected chi connectivity index (χ4v) is 4.17. The van der Waals surface area contributed by atoms with Crippen LogP contribution < -0.4 is 5.32 Å². The quantitative estimate of drug-likeness (QED) is 0.885. The van der Waals surface area contributed by atoms with Crippen LogP contribution in [-0.4, -0.2) is 44.8 Å². The van der Waals surface area contributed by atoms with Gasteiger partial charge in [0.15, 0.2) is 0 Å². The molecule has 0 amide bonds. The second kappa shape index (κ2) is 4.56. The maximum Gasteiger partial charge on any atom is 0.149 e. The monoisotopic (exact) mass is 261 g/mol. The summed E-state index contributed by atoms with van der Waals surface area (Å²) in [7, 11) is 0. The molecule has 4 heterocycles. The third-order valence-electron chi connectivity index (χ3n) is 5.10. The third-order valence-corrected chi connectivity index (χ3v) is 5.10. The molecule has 3 aliphatic heterocycles. The SMILES string of the molecule is CC(NC1CCN2CCCC12)c1nnc2n1CCC2. The molecule has 0 aromatic carbocycles. The van der Waals surface area contributed by atoms with Gasteiger partial charge in [-0.05, 0) is 39.2 Å². The smallest absolute Gasteiger partial charge is 0.149 e. The van der Waals surface area contributed by atoms with Crippen LogP contribution in [0.1, 0.15) is 50.3 Å². The Kier molecular flexibility index (Phi) is 2.84. The lowest BCUT2D eigenvalue weighted by Gasteiger charge is -2.24. The number of fused-ring (bicyclic) bond motifs is 2. The minimum Gasteiger partial charge on any atom is -0.314 e. The van der Waals surface area contributed by atoms with E-state index >= 15 is 0 Å². The fourth-order valence-electron chi connectivity index (χ4n) is 4.17. The first-order valence-corrected chi connectivity index (χ1v) is 7.75. The Labute approximate surface area is 114 Å². The van der Waals surface area contributed by atoms with Crippen LogP contribution in [0.25, 0.3) is 0 Å². The van der Waals surface area contributed by atoms with E-state index in [1.165, 1.54) is 44.6 Å². The Hall–Kier alpha value is -0.940. The Balaban J connectivity index is 1.47. The van der Waals surface area contributed by atoms with Crippen LogP contribution >= 0.6 is 0 Å². The number of nitrogens with zero attached hydrogens (tertiary/aromatic N) is 4. The van der Waals surface area contributed by atoms with Gasteiger partial charge in [0.2, 0.25) is 0 Å². The maximum absolute atomic E-state index is 4.40. The lowest BCUT2D eigenvalue weighted by molar-refractivity contribution is 0.289. The van der Waals surface area contributed by atoms with Gasteiger partial charge < -0.3 is 9.88 Å². The van der Waals surface area contributed by atoms with E-state index in [0.717, 1.165) is 24.8 Å². The molecule has 3 atom stereocenters. The van der Waals surface area contributed by atoms with Crippen LogP contribution in [0.15, 0.2) is 0 Å². The summed E-state index contributed by atoms with van der Waals surface area (Å²) in [5, 5.41) is 12.5. The Morgan fingerprint density at radius 1 is 1.16 bits per heavy atom. The van der Waals surface area contributed by atoms with Crippen molar-refractivity contribution in [2.24, 2.45) is 0 Å². The zero-order valence-corrected chi connectivity index (χ0v) is 11.7. The summed E-state index contributed by atoms with van der Waals surface area (Å²) in [4.78, 5) is 2.65. The molecule has 0 aliphatic carbocycles. The van der Waals surface area contributed by atoms with Crippen molar-refractivity contribution in [3.8, 4) is 0 Å². The van der Waals surface area contributed by atoms with Gasteiger partial charge in [-0.1, -0.05) is 0 Å². The molecule has 5 nitrogen and oxygen atoms in total. The van der Waals surface area contributed by atoms with Gasteiger partial charge in [-0.2, -0.15) is 0 Å². The van der Waals surface area contributed by atoms with Crippen LogP contribution in [0.2, 0.25) is 0 Å². The summed E-state index contributed by atoms with van der Waals surface area (Å²) in [6.45, 7) is 5.92. The predicted molar refractivity (Wildman–Crippen MR) is 72.9 cm³/mol. The normalized spacial score (nSPS) is 31.6. The molecule has 3 unspecified atom stereocenters. The molecule has 0 saturated carbocycles. The number of hydrogen-bond acceptors (Lipinski definition) is 4. The maximum atomic E-state index is 4.40. The molecule has 3 aliphatic rings. The summed E-state index contributed by atoms with van der Waals surface area (Å²) in [5.41, 5.74) is 0. The molecule has 4 rings (SSSR count). The van der Waals surface area contributed by atoms with Crippen molar-refractivity contribution in [1.82, 2.24) is 25.0 Å². The minimum absolute atomic E-state index is 0.324. The topological polar surface area (TPSA) is 46.0 Å². The molecule has 0 radical (unpaired) electrons. The number of hydrogen-bond donors (Lipinski definition) is 1. The zero-order chi connectivity index (χ0) is 12.8. The molecule has 1 aromatic heterocycles. The van der Waals surface area contributed by atoms with Crippen LogP contribution in [-0.2, 0) is 13.0 Å². The van der Waals surface area contributed by atoms with Crippen LogP contribution in [0, 0.1) is 0 Å². The van der Waals surface area contributed by atoms with Crippen LogP contribution in [0.5, 0.6) is 0 Å². The third kappa shape index (κ3) is 1.91. The summed E-state index contributed by atoms with van der Waals surface area (Å²) in [6, 6.07) is 1.74. The largest absolute Gasteiger partial charge is 0.314 e. The lowest BCUT2D eigenvalue weighted by Crippen LogP contribution is -2.40. The van der Waals surface area contributed by atoms with Gasteiger partial charge in [0.25, 0.3) is 0 Å². The van der Waals surface area contributed by atoms with Crippen LogP contribution in [0.4, 0.5) is 0 Å². The van der Waals surface area contributed by atoms with Gasteiger partial charge in [0.1, 0.15) is 11.6 Å². The Bertz CT molecular complexity index is 468. The van der Waals surface area contributed by atoms with Gasteiger partial charge in [0, 0.05) is 31.6 Å². The van der Waals surface area contributed by atoms with E-state index in [0.29, 0.717) is 12.1 Å². The molecule has 104 valence electrons. The van der Waals surface area contributed by atoms with Gasteiger partial charge >= 0.3 is 0 Å². The van der Waals surface area contributed by atoms with Crippen molar-refractivity contribution >= 4 is 0 Å². The highest BCUT2D eigenvalue weighted by atomic mass is 15.3. The highest BCUT2D eigenvalue weighted by Gasteiger charge is 2.38. The molecular weight excluding hydrogens is 238 g/mol. The van der Waals surface area contributed by atoms with E-state index in [9.17, 15) is 0 Å². The second-order valence-electron chi connectivity index (χ2n) is 6.26.